The van der Waals surface area contributed by atoms with Gasteiger partial charge in [-0.3, -0.25) is 4.79 Å². The highest BCUT2D eigenvalue weighted by atomic mass is 35.5. The second-order valence-corrected chi connectivity index (χ2v) is 4.02. The highest BCUT2D eigenvalue weighted by Crippen LogP contribution is 2.23. The van der Waals surface area contributed by atoms with Crippen LogP contribution in [0.15, 0.2) is 18.2 Å². The number of rotatable bonds is 4. The van der Waals surface area contributed by atoms with Gasteiger partial charge in [-0.05, 0) is 24.1 Å². The number of carbonyl (C=O) groups is 1. The van der Waals surface area contributed by atoms with Gasteiger partial charge < -0.3 is 10.2 Å². The van der Waals surface area contributed by atoms with Crippen LogP contribution in [0.25, 0.3) is 0 Å². The molecule has 1 unspecified atom stereocenters. The van der Waals surface area contributed by atoms with Crippen LogP contribution < -0.4 is 0 Å². The Labute approximate surface area is 97.2 Å². The molecule has 0 bridgehead atoms. The van der Waals surface area contributed by atoms with Gasteiger partial charge in [0.2, 0.25) is 0 Å². The van der Waals surface area contributed by atoms with Crippen molar-refractivity contribution in [2.24, 2.45) is 0 Å². The van der Waals surface area contributed by atoms with Crippen LogP contribution in [-0.2, 0) is 11.2 Å². The number of aliphatic hydroxyl groups is 1. The Hall–Kier alpha value is -0.770. The molecule has 3 nitrogen and oxygen atoms in total. The summed E-state index contributed by atoms with van der Waals surface area (Å²) in [6.45, 7) is 0. The molecular formula is C10H10Cl2O3. The standard InChI is InChI=1S/C10H10Cl2O3/c11-8-2-1-6(4-9(8)12)3-7(13)5-10(14)15/h1-2,4,7,13H,3,5H2,(H,14,15). The lowest BCUT2D eigenvalue weighted by molar-refractivity contribution is -0.139. The van der Waals surface area contributed by atoms with Crippen LogP contribution in [0, 0.1) is 0 Å². The van der Waals surface area contributed by atoms with Crippen molar-refractivity contribution in [1.82, 2.24) is 0 Å². The van der Waals surface area contributed by atoms with E-state index in [1.165, 1.54) is 0 Å². The number of carboxylic acids is 1. The van der Waals surface area contributed by atoms with Crippen LogP contribution in [-0.4, -0.2) is 22.3 Å². The molecule has 0 aliphatic carbocycles. The maximum Gasteiger partial charge on any atom is 0.305 e. The molecule has 1 atom stereocenters. The fourth-order valence-electron chi connectivity index (χ4n) is 1.21. The third kappa shape index (κ3) is 4.08. The molecule has 0 aliphatic heterocycles. The van der Waals surface area contributed by atoms with E-state index in [9.17, 15) is 9.90 Å². The molecule has 0 amide bonds. The number of hydrogen-bond donors (Lipinski definition) is 2. The van der Waals surface area contributed by atoms with E-state index in [1.54, 1.807) is 18.2 Å². The van der Waals surface area contributed by atoms with Crippen molar-refractivity contribution in [2.45, 2.75) is 18.9 Å². The fourth-order valence-corrected chi connectivity index (χ4v) is 1.53. The molecule has 0 saturated heterocycles. The first-order chi connectivity index (χ1) is 6.99. The van der Waals surface area contributed by atoms with E-state index in [2.05, 4.69) is 0 Å². The minimum Gasteiger partial charge on any atom is -0.481 e. The zero-order chi connectivity index (χ0) is 11.4. The van der Waals surface area contributed by atoms with Gasteiger partial charge in [0.1, 0.15) is 0 Å². The number of benzene rings is 1. The van der Waals surface area contributed by atoms with Gasteiger partial charge in [-0.25, -0.2) is 0 Å². The first-order valence-electron chi connectivity index (χ1n) is 4.33. The molecule has 0 saturated carbocycles. The molecule has 1 rings (SSSR count). The van der Waals surface area contributed by atoms with Crippen molar-refractivity contribution in [3.63, 3.8) is 0 Å². The molecule has 5 heteroatoms. The molecule has 2 N–H and O–H groups in total. The second kappa shape index (κ2) is 5.35. The summed E-state index contributed by atoms with van der Waals surface area (Å²) in [5.74, 6) is -1.03. The van der Waals surface area contributed by atoms with Gasteiger partial charge in [-0.15, -0.1) is 0 Å². The fraction of sp³-hybridized carbons (Fsp3) is 0.300. The maximum atomic E-state index is 10.3. The number of hydrogen-bond acceptors (Lipinski definition) is 2. The van der Waals surface area contributed by atoms with Crippen LogP contribution in [0.2, 0.25) is 10.0 Å². The summed E-state index contributed by atoms with van der Waals surface area (Å²) in [6.07, 6.45) is -0.927. The van der Waals surface area contributed by atoms with E-state index in [4.69, 9.17) is 28.3 Å². The zero-order valence-electron chi connectivity index (χ0n) is 7.78. The van der Waals surface area contributed by atoms with Crippen LogP contribution in [0.4, 0.5) is 0 Å². The Kier molecular flexibility index (Phi) is 4.39. The Morgan fingerprint density at radius 2 is 2.00 bits per heavy atom. The van der Waals surface area contributed by atoms with E-state index in [-0.39, 0.29) is 12.8 Å². The minimum atomic E-state index is -1.03. The summed E-state index contributed by atoms with van der Waals surface area (Å²) in [4.78, 5) is 10.3. The lowest BCUT2D eigenvalue weighted by atomic mass is 10.1. The van der Waals surface area contributed by atoms with E-state index < -0.39 is 12.1 Å². The number of halogens is 2. The monoisotopic (exact) mass is 248 g/mol. The average molecular weight is 249 g/mol. The molecule has 0 aliphatic rings. The molecule has 1 aromatic rings. The van der Waals surface area contributed by atoms with Gasteiger partial charge in [-0.2, -0.15) is 0 Å². The van der Waals surface area contributed by atoms with Crippen molar-refractivity contribution in [2.75, 3.05) is 0 Å². The predicted octanol–water partition coefficient (Wildman–Crippen LogP) is 2.37. The molecule has 0 heterocycles. The van der Waals surface area contributed by atoms with Crippen LogP contribution in [0.1, 0.15) is 12.0 Å². The van der Waals surface area contributed by atoms with Crippen molar-refractivity contribution in [3.8, 4) is 0 Å². The average Bonchev–Trinajstić information content (AvgIpc) is 2.10. The molecule has 82 valence electrons. The number of aliphatic carboxylic acids is 1. The molecule has 0 fully saturated rings. The third-order valence-corrected chi connectivity index (χ3v) is 2.60. The molecule has 15 heavy (non-hydrogen) atoms. The van der Waals surface area contributed by atoms with Crippen LogP contribution >= 0.6 is 23.2 Å². The van der Waals surface area contributed by atoms with E-state index in [0.29, 0.717) is 10.0 Å². The lowest BCUT2D eigenvalue weighted by Crippen LogP contribution is -2.15. The van der Waals surface area contributed by atoms with Gasteiger partial charge in [0, 0.05) is 0 Å². The quantitative estimate of drug-likeness (QED) is 0.861. The van der Waals surface area contributed by atoms with Crippen LogP contribution in [0.5, 0.6) is 0 Å². The normalized spacial score (nSPS) is 12.5. The predicted molar refractivity (Wildman–Crippen MR) is 58.4 cm³/mol. The van der Waals surface area contributed by atoms with Crippen molar-refractivity contribution in [1.29, 1.82) is 0 Å². The Morgan fingerprint density at radius 3 is 2.53 bits per heavy atom. The van der Waals surface area contributed by atoms with E-state index >= 15 is 0 Å². The topological polar surface area (TPSA) is 57.5 Å². The zero-order valence-corrected chi connectivity index (χ0v) is 9.29. The smallest absolute Gasteiger partial charge is 0.305 e. The van der Waals surface area contributed by atoms with Gasteiger partial charge in [0.15, 0.2) is 0 Å². The largest absolute Gasteiger partial charge is 0.481 e. The molecule has 0 radical (unpaired) electrons. The molecule has 0 spiro atoms. The minimum absolute atomic E-state index is 0.253. The maximum absolute atomic E-state index is 10.3. The summed E-state index contributed by atoms with van der Waals surface area (Å²) in [7, 11) is 0. The first-order valence-corrected chi connectivity index (χ1v) is 5.08. The molecular weight excluding hydrogens is 239 g/mol. The van der Waals surface area contributed by atoms with Crippen molar-refractivity contribution < 1.29 is 15.0 Å². The summed E-state index contributed by atoms with van der Waals surface area (Å²) < 4.78 is 0. The third-order valence-electron chi connectivity index (χ3n) is 1.87. The summed E-state index contributed by atoms with van der Waals surface area (Å²) in [6, 6.07) is 4.95. The van der Waals surface area contributed by atoms with Crippen LogP contribution in [0.3, 0.4) is 0 Å². The summed E-state index contributed by atoms with van der Waals surface area (Å²) in [5, 5.41) is 18.7. The highest BCUT2D eigenvalue weighted by molar-refractivity contribution is 6.42. The van der Waals surface area contributed by atoms with Gasteiger partial charge in [0.25, 0.3) is 0 Å². The Bertz CT molecular complexity index is 366. The first kappa shape index (κ1) is 12.3. The molecule has 1 aromatic carbocycles. The number of aliphatic hydroxyl groups excluding tert-OH is 1. The van der Waals surface area contributed by atoms with Gasteiger partial charge in [0.05, 0.1) is 22.6 Å². The SMILES string of the molecule is O=C(O)CC(O)Cc1ccc(Cl)c(Cl)c1. The van der Waals surface area contributed by atoms with E-state index in [0.717, 1.165) is 5.56 Å². The van der Waals surface area contributed by atoms with E-state index in [1.807, 2.05) is 0 Å². The van der Waals surface area contributed by atoms with Gasteiger partial charge >= 0.3 is 5.97 Å². The summed E-state index contributed by atoms with van der Waals surface area (Å²) in [5.41, 5.74) is 0.762. The lowest BCUT2D eigenvalue weighted by Gasteiger charge is -2.08. The second-order valence-electron chi connectivity index (χ2n) is 3.20. The Morgan fingerprint density at radius 1 is 1.33 bits per heavy atom. The highest BCUT2D eigenvalue weighted by Gasteiger charge is 2.10. The Balaban J connectivity index is 2.64. The van der Waals surface area contributed by atoms with Crippen molar-refractivity contribution >= 4 is 29.2 Å². The molecule has 0 aromatic heterocycles. The van der Waals surface area contributed by atoms with Gasteiger partial charge in [-0.1, -0.05) is 29.3 Å². The number of carboxylic acid groups (broad SMARTS) is 1. The van der Waals surface area contributed by atoms with Crippen molar-refractivity contribution in [3.05, 3.63) is 33.8 Å². The summed E-state index contributed by atoms with van der Waals surface area (Å²) >= 11 is 11.5.